The zero-order valence-corrected chi connectivity index (χ0v) is 14.6. The lowest BCUT2D eigenvalue weighted by Gasteiger charge is -2.14. The van der Waals surface area contributed by atoms with Crippen LogP contribution >= 0.6 is 11.9 Å². The summed E-state index contributed by atoms with van der Waals surface area (Å²) in [7, 11) is -1.23. The van der Waals surface area contributed by atoms with Crippen LogP contribution in [-0.4, -0.2) is 15.1 Å². The van der Waals surface area contributed by atoms with Gasteiger partial charge in [0, 0.05) is 28.7 Å². The van der Waals surface area contributed by atoms with Gasteiger partial charge in [-0.1, -0.05) is 18.2 Å². The molecule has 25 heavy (non-hydrogen) atoms. The molecule has 1 N–H and O–H groups in total. The van der Waals surface area contributed by atoms with Crippen molar-refractivity contribution in [3.05, 3.63) is 78.6 Å². The Morgan fingerprint density at radius 3 is 2.48 bits per heavy atom. The fraction of sp³-hybridized carbons (Fsp3) is 0. The Morgan fingerprint density at radius 2 is 1.76 bits per heavy atom. The Morgan fingerprint density at radius 1 is 1.00 bits per heavy atom. The quantitative estimate of drug-likeness (QED) is 0.714. The number of carbonyl (C=O) groups is 1. The van der Waals surface area contributed by atoms with E-state index >= 15 is 0 Å². The van der Waals surface area contributed by atoms with E-state index in [9.17, 15) is 9.00 Å². The zero-order valence-electron chi connectivity index (χ0n) is 13.0. The molecular weight excluding hydrogens is 354 g/mol. The van der Waals surface area contributed by atoms with E-state index in [0.29, 0.717) is 11.4 Å². The summed E-state index contributed by atoms with van der Waals surface area (Å²) in [6, 6.07) is 20.1. The molecule has 0 saturated carbocycles. The van der Waals surface area contributed by atoms with Gasteiger partial charge in [0.05, 0.1) is 10.6 Å². The Kier molecular flexibility index (Phi) is 4.25. The monoisotopic (exact) mass is 367 g/mol. The first-order valence-corrected chi connectivity index (χ1v) is 9.42. The van der Waals surface area contributed by atoms with E-state index < -0.39 is 11.0 Å². The predicted octanol–water partition coefficient (Wildman–Crippen LogP) is 3.88. The molecule has 1 aromatic heterocycles. The first-order chi connectivity index (χ1) is 12.2. The number of carbonyl (C=O) groups excluding carboxylic acids is 1. The van der Waals surface area contributed by atoms with E-state index in [1.165, 1.54) is 11.9 Å². The van der Waals surface area contributed by atoms with Crippen molar-refractivity contribution in [1.29, 1.82) is 0 Å². The summed E-state index contributed by atoms with van der Waals surface area (Å²) >= 11 is 1.45. The van der Waals surface area contributed by atoms with Gasteiger partial charge in [0.2, 0.25) is 0 Å². The van der Waals surface area contributed by atoms with Crippen LogP contribution in [0.25, 0.3) is 0 Å². The molecule has 5 nitrogen and oxygen atoms in total. The normalized spacial score (nSPS) is 15.7. The molecule has 1 aliphatic rings. The molecule has 3 aromatic rings. The highest BCUT2D eigenvalue weighted by atomic mass is 32.2. The number of fused-ring (bicyclic) bond motifs is 1. The summed E-state index contributed by atoms with van der Waals surface area (Å²) in [5.41, 5.74) is 1.83. The average molecular weight is 367 g/mol. The summed E-state index contributed by atoms with van der Waals surface area (Å²) in [6.45, 7) is 0. The fourth-order valence-electron chi connectivity index (χ4n) is 2.39. The number of hydrogen-bond donors (Lipinski definition) is 1. The lowest BCUT2D eigenvalue weighted by Crippen LogP contribution is -2.14. The van der Waals surface area contributed by atoms with Gasteiger partial charge in [-0.05, 0) is 48.5 Å². The van der Waals surface area contributed by atoms with Gasteiger partial charge >= 0.3 is 0 Å². The summed E-state index contributed by atoms with van der Waals surface area (Å²) in [4.78, 5) is 18.0. The van der Waals surface area contributed by atoms with Crippen molar-refractivity contribution in [1.82, 2.24) is 4.98 Å². The number of anilines is 2. The molecule has 2 heterocycles. The van der Waals surface area contributed by atoms with Crippen LogP contribution in [0.5, 0.6) is 0 Å². The van der Waals surface area contributed by atoms with Gasteiger partial charge in [0.15, 0.2) is 11.0 Å². The molecule has 1 amide bonds. The molecule has 0 aliphatic carbocycles. The van der Waals surface area contributed by atoms with Crippen LogP contribution in [0.2, 0.25) is 0 Å². The van der Waals surface area contributed by atoms with Gasteiger partial charge in [-0.2, -0.15) is 0 Å². The number of rotatable bonds is 3. The zero-order chi connectivity index (χ0) is 17.2. The molecule has 4 rings (SSSR count). The van der Waals surface area contributed by atoms with Gasteiger partial charge in [-0.3, -0.25) is 9.78 Å². The van der Waals surface area contributed by atoms with Crippen LogP contribution in [0.1, 0.15) is 10.5 Å². The SMILES string of the molecule is O=C(Nc1ccc(N2Sc3ccccc3S2=O)cc1)c1ccccn1. The van der Waals surface area contributed by atoms with Crippen molar-refractivity contribution in [3.63, 3.8) is 0 Å². The van der Waals surface area contributed by atoms with Crippen molar-refractivity contribution in [2.75, 3.05) is 9.03 Å². The molecular formula is C18H13N3O2S2. The number of aromatic nitrogens is 1. The third-order valence-electron chi connectivity index (χ3n) is 3.60. The summed E-state index contributed by atoms with van der Waals surface area (Å²) < 4.78 is 14.3. The molecule has 1 unspecified atom stereocenters. The maximum atomic E-state index is 12.6. The van der Waals surface area contributed by atoms with Crippen molar-refractivity contribution in [2.24, 2.45) is 0 Å². The van der Waals surface area contributed by atoms with Gasteiger partial charge in [0.25, 0.3) is 5.91 Å². The molecule has 0 saturated heterocycles. The molecule has 1 atom stereocenters. The molecule has 2 aromatic carbocycles. The molecule has 0 fully saturated rings. The van der Waals surface area contributed by atoms with Crippen LogP contribution in [0.15, 0.2) is 82.7 Å². The number of hydrogen-bond acceptors (Lipinski definition) is 4. The van der Waals surface area contributed by atoms with Gasteiger partial charge in [-0.25, -0.2) is 7.92 Å². The van der Waals surface area contributed by atoms with Crippen molar-refractivity contribution < 1.29 is 9.00 Å². The van der Waals surface area contributed by atoms with Crippen LogP contribution in [0.3, 0.4) is 0 Å². The van der Waals surface area contributed by atoms with Crippen LogP contribution in [0.4, 0.5) is 11.4 Å². The molecule has 0 radical (unpaired) electrons. The first kappa shape index (κ1) is 15.9. The minimum absolute atomic E-state index is 0.264. The Bertz CT molecular complexity index is 946. The van der Waals surface area contributed by atoms with E-state index in [1.807, 2.05) is 36.4 Å². The minimum atomic E-state index is -1.23. The smallest absolute Gasteiger partial charge is 0.274 e. The van der Waals surface area contributed by atoms with E-state index in [1.54, 1.807) is 40.2 Å². The van der Waals surface area contributed by atoms with E-state index in [-0.39, 0.29) is 5.91 Å². The fourth-order valence-corrected chi connectivity index (χ4v) is 5.10. The maximum absolute atomic E-state index is 12.6. The third-order valence-corrected chi connectivity index (χ3v) is 6.54. The van der Waals surface area contributed by atoms with E-state index in [4.69, 9.17) is 0 Å². The topological polar surface area (TPSA) is 62.3 Å². The summed E-state index contributed by atoms with van der Waals surface area (Å²) in [5.74, 6) is -0.264. The Hall–Kier alpha value is -2.64. The van der Waals surface area contributed by atoms with Gasteiger partial charge in [-0.15, -0.1) is 0 Å². The Labute approximate surface area is 151 Å². The minimum Gasteiger partial charge on any atom is -0.321 e. The molecule has 1 aliphatic heterocycles. The largest absolute Gasteiger partial charge is 0.321 e. The number of nitrogens with zero attached hydrogens (tertiary/aromatic N) is 2. The van der Waals surface area contributed by atoms with Crippen molar-refractivity contribution in [2.45, 2.75) is 9.79 Å². The third kappa shape index (κ3) is 3.16. The summed E-state index contributed by atoms with van der Waals surface area (Å²) in [6.07, 6.45) is 1.58. The second-order valence-electron chi connectivity index (χ2n) is 5.26. The number of amides is 1. The van der Waals surface area contributed by atoms with Gasteiger partial charge in [0.1, 0.15) is 5.69 Å². The molecule has 124 valence electrons. The average Bonchev–Trinajstić information content (AvgIpc) is 3.00. The lowest BCUT2D eigenvalue weighted by molar-refractivity contribution is 0.102. The number of benzene rings is 2. The number of pyridine rings is 1. The van der Waals surface area contributed by atoms with Crippen LogP contribution in [0, 0.1) is 0 Å². The second kappa shape index (κ2) is 6.70. The molecule has 0 bridgehead atoms. The first-order valence-electron chi connectivity index (χ1n) is 7.54. The predicted molar refractivity (Wildman–Crippen MR) is 99.8 cm³/mol. The number of nitrogens with one attached hydrogen (secondary N) is 1. The highest BCUT2D eigenvalue weighted by molar-refractivity contribution is 8.14. The Balaban J connectivity index is 1.50. The second-order valence-corrected chi connectivity index (χ2v) is 7.78. The van der Waals surface area contributed by atoms with E-state index in [2.05, 4.69) is 10.3 Å². The van der Waals surface area contributed by atoms with Crippen LogP contribution < -0.4 is 9.03 Å². The van der Waals surface area contributed by atoms with Crippen molar-refractivity contribution >= 4 is 40.2 Å². The molecule has 0 spiro atoms. The van der Waals surface area contributed by atoms with E-state index in [0.717, 1.165) is 15.5 Å². The standard InChI is InChI=1S/C18H13N3O2S2/c22-18(15-5-3-4-12-19-15)20-13-8-10-14(11-9-13)21-24-16-6-1-2-7-17(16)25(21)23/h1-12H,(H,20,22). The molecule has 7 heteroatoms. The highest BCUT2D eigenvalue weighted by Gasteiger charge is 2.28. The maximum Gasteiger partial charge on any atom is 0.274 e. The lowest BCUT2D eigenvalue weighted by atomic mass is 10.2. The van der Waals surface area contributed by atoms with Crippen LogP contribution in [-0.2, 0) is 11.0 Å². The van der Waals surface area contributed by atoms with Gasteiger partial charge < -0.3 is 5.32 Å². The summed E-state index contributed by atoms with van der Waals surface area (Å²) in [5, 5.41) is 2.80. The highest BCUT2D eigenvalue weighted by Crippen LogP contribution is 2.42. The van der Waals surface area contributed by atoms with Crippen molar-refractivity contribution in [3.8, 4) is 0 Å².